The lowest BCUT2D eigenvalue weighted by Gasteiger charge is -2.24. The highest BCUT2D eigenvalue weighted by Crippen LogP contribution is 2.41. The van der Waals surface area contributed by atoms with E-state index in [1.165, 1.54) is 29.3 Å². The number of anilines is 2. The highest BCUT2D eigenvalue weighted by molar-refractivity contribution is 7.99. The van der Waals surface area contributed by atoms with Gasteiger partial charge in [0.05, 0.1) is 16.9 Å². The molecule has 0 saturated heterocycles. The third-order valence-corrected chi connectivity index (χ3v) is 6.73. The normalized spacial score (nSPS) is 16.3. The van der Waals surface area contributed by atoms with Crippen molar-refractivity contribution in [1.29, 1.82) is 0 Å². The Hall–Kier alpha value is -3.27. The summed E-state index contributed by atoms with van der Waals surface area (Å²) in [5.74, 6) is 0.472. The van der Waals surface area contributed by atoms with E-state index < -0.39 is 0 Å². The van der Waals surface area contributed by atoms with Gasteiger partial charge in [-0.2, -0.15) is 0 Å². The molecular weight excluding hydrogens is 426 g/mol. The summed E-state index contributed by atoms with van der Waals surface area (Å²) in [6.07, 6.45) is 6.04. The first-order valence-electron chi connectivity index (χ1n) is 10.6. The van der Waals surface area contributed by atoms with Gasteiger partial charge in [0, 0.05) is 37.7 Å². The van der Waals surface area contributed by atoms with Gasteiger partial charge in [-0.1, -0.05) is 11.9 Å². The number of hydrogen-bond donors (Lipinski definition) is 3. The molecule has 1 aliphatic heterocycles. The van der Waals surface area contributed by atoms with Gasteiger partial charge in [0.2, 0.25) is 0 Å². The molecule has 10 heteroatoms. The maximum Gasteiger partial charge on any atom is 0.258 e. The summed E-state index contributed by atoms with van der Waals surface area (Å²) in [7, 11) is 1.54. The molecule has 0 radical (unpaired) electrons. The van der Waals surface area contributed by atoms with Gasteiger partial charge >= 0.3 is 0 Å². The Kier molecular flexibility index (Phi) is 4.96. The summed E-state index contributed by atoms with van der Waals surface area (Å²) in [5.41, 5.74) is 10.6. The van der Waals surface area contributed by atoms with Gasteiger partial charge < -0.3 is 20.7 Å². The number of fused-ring (bicyclic) bond motifs is 2. The van der Waals surface area contributed by atoms with Gasteiger partial charge in [-0.15, -0.1) is 5.10 Å². The van der Waals surface area contributed by atoms with Crippen molar-refractivity contribution in [3.63, 3.8) is 0 Å². The van der Waals surface area contributed by atoms with Crippen molar-refractivity contribution in [3.05, 3.63) is 41.1 Å². The van der Waals surface area contributed by atoms with Crippen LogP contribution in [0.4, 0.5) is 11.5 Å². The monoisotopic (exact) mass is 451 g/mol. The van der Waals surface area contributed by atoms with Crippen LogP contribution in [0.3, 0.4) is 0 Å². The fourth-order valence-electron chi connectivity index (χ4n) is 4.43. The number of benzene rings is 1. The largest absolute Gasteiger partial charge is 0.381 e. The van der Waals surface area contributed by atoms with E-state index in [2.05, 4.69) is 22.1 Å². The SMILES string of the molecule is CNC(=O)c1c(N)nn2ccc(-c3cc4c(c(NSC)c3)C(=O)N(C(C)C3CC3)C4)nc12. The summed E-state index contributed by atoms with van der Waals surface area (Å²) >= 11 is 1.45. The van der Waals surface area contributed by atoms with Crippen molar-refractivity contribution >= 4 is 40.9 Å². The number of carbonyl (C=O) groups excluding carboxylic acids is 2. The standard InChI is InChI=1S/C22H25N7O2S/c1-11(12-4-5-12)28-10-14-8-13(9-16(27-32-3)17(14)22(28)31)15-6-7-29-20(25-15)18(19(23)26-29)21(30)24-2/h6-9,11-12,27H,4-5,10H2,1-3H3,(H2,23,26)(H,24,30). The molecule has 4 N–H and O–H groups in total. The summed E-state index contributed by atoms with van der Waals surface area (Å²) in [6.45, 7) is 2.73. The molecule has 1 saturated carbocycles. The Balaban J connectivity index is 1.60. The van der Waals surface area contributed by atoms with E-state index in [1.807, 2.05) is 29.4 Å². The number of aromatic nitrogens is 3. The number of nitrogens with two attached hydrogens (primary N) is 1. The van der Waals surface area contributed by atoms with E-state index in [0.29, 0.717) is 23.8 Å². The molecule has 2 aromatic heterocycles. The minimum absolute atomic E-state index is 0.0800. The van der Waals surface area contributed by atoms with Crippen LogP contribution in [0.15, 0.2) is 24.4 Å². The molecule has 1 atom stereocenters. The minimum Gasteiger partial charge on any atom is -0.381 e. The van der Waals surface area contributed by atoms with Crippen LogP contribution in [-0.2, 0) is 6.54 Å². The van der Waals surface area contributed by atoms with E-state index in [0.717, 1.165) is 22.4 Å². The number of nitrogens with zero attached hydrogens (tertiary/aromatic N) is 4. The van der Waals surface area contributed by atoms with Crippen LogP contribution < -0.4 is 15.8 Å². The fourth-order valence-corrected chi connectivity index (χ4v) is 4.81. The number of nitrogen functional groups attached to an aromatic ring is 1. The summed E-state index contributed by atoms with van der Waals surface area (Å²) in [5, 5.41) is 6.77. The van der Waals surface area contributed by atoms with Crippen molar-refractivity contribution in [3.8, 4) is 11.3 Å². The van der Waals surface area contributed by atoms with E-state index in [4.69, 9.17) is 10.7 Å². The van der Waals surface area contributed by atoms with Crippen LogP contribution in [0.5, 0.6) is 0 Å². The van der Waals surface area contributed by atoms with Crippen LogP contribution in [-0.4, -0.2) is 50.7 Å². The van der Waals surface area contributed by atoms with E-state index in [9.17, 15) is 9.59 Å². The molecule has 166 valence electrons. The predicted octanol–water partition coefficient (Wildman–Crippen LogP) is 2.78. The highest BCUT2D eigenvalue weighted by Gasteiger charge is 2.39. The second kappa shape index (κ2) is 7.70. The maximum atomic E-state index is 13.2. The first kappa shape index (κ1) is 20.6. The molecule has 0 bridgehead atoms. The van der Waals surface area contributed by atoms with E-state index >= 15 is 0 Å². The molecular formula is C22H25N7O2S. The predicted molar refractivity (Wildman–Crippen MR) is 125 cm³/mol. The molecule has 0 spiro atoms. The number of hydrogen-bond acceptors (Lipinski definition) is 7. The first-order valence-corrected chi connectivity index (χ1v) is 11.8. The zero-order valence-corrected chi connectivity index (χ0v) is 19.0. The Morgan fingerprint density at radius 1 is 1.34 bits per heavy atom. The van der Waals surface area contributed by atoms with Crippen molar-refractivity contribution in [1.82, 2.24) is 24.8 Å². The van der Waals surface area contributed by atoms with Crippen LogP contribution >= 0.6 is 11.9 Å². The number of amides is 2. The molecule has 9 nitrogen and oxygen atoms in total. The number of nitrogens with one attached hydrogen (secondary N) is 2. The van der Waals surface area contributed by atoms with Crippen molar-refractivity contribution in [2.24, 2.45) is 5.92 Å². The lowest BCUT2D eigenvalue weighted by Crippen LogP contribution is -2.34. The quantitative estimate of drug-likeness (QED) is 0.493. The lowest BCUT2D eigenvalue weighted by atomic mass is 10.0. The van der Waals surface area contributed by atoms with Crippen molar-refractivity contribution < 1.29 is 9.59 Å². The Bertz CT molecular complexity index is 1250. The Morgan fingerprint density at radius 2 is 2.12 bits per heavy atom. The Labute approximate surface area is 189 Å². The van der Waals surface area contributed by atoms with E-state index in [1.54, 1.807) is 13.2 Å². The zero-order chi connectivity index (χ0) is 22.6. The second-order valence-corrected chi connectivity index (χ2v) is 8.91. The molecule has 32 heavy (non-hydrogen) atoms. The zero-order valence-electron chi connectivity index (χ0n) is 18.2. The lowest BCUT2D eigenvalue weighted by molar-refractivity contribution is 0.0698. The minimum atomic E-state index is -0.337. The topological polar surface area (TPSA) is 118 Å². The summed E-state index contributed by atoms with van der Waals surface area (Å²) in [6, 6.07) is 6.03. The van der Waals surface area contributed by atoms with Crippen molar-refractivity contribution in [2.45, 2.75) is 32.4 Å². The van der Waals surface area contributed by atoms with Crippen LogP contribution in [0.2, 0.25) is 0 Å². The van der Waals surface area contributed by atoms with Gasteiger partial charge in [-0.3, -0.25) is 9.59 Å². The van der Waals surface area contributed by atoms with Gasteiger partial charge in [-0.25, -0.2) is 9.50 Å². The fraction of sp³-hybridized carbons (Fsp3) is 0.364. The molecule has 1 aliphatic carbocycles. The molecule has 2 amide bonds. The summed E-state index contributed by atoms with van der Waals surface area (Å²) < 4.78 is 4.77. The molecule has 1 fully saturated rings. The summed E-state index contributed by atoms with van der Waals surface area (Å²) in [4.78, 5) is 32.2. The molecule has 2 aliphatic rings. The highest BCUT2D eigenvalue weighted by atomic mass is 32.2. The van der Waals surface area contributed by atoms with Gasteiger partial charge in [0.25, 0.3) is 11.8 Å². The van der Waals surface area contributed by atoms with Gasteiger partial charge in [0.15, 0.2) is 11.5 Å². The van der Waals surface area contributed by atoms with Crippen LogP contribution in [0, 0.1) is 5.92 Å². The van der Waals surface area contributed by atoms with Crippen LogP contribution in [0.1, 0.15) is 46.0 Å². The molecule has 1 aromatic carbocycles. The molecule has 3 heterocycles. The molecule has 3 aromatic rings. The molecule has 5 rings (SSSR count). The van der Waals surface area contributed by atoms with Gasteiger partial charge in [0.1, 0.15) is 5.56 Å². The number of carbonyl (C=O) groups is 2. The third kappa shape index (κ3) is 3.26. The Morgan fingerprint density at radius 3 is 2.81 bits per heavy atom. The van der Waals surface area contributed by atoms with Crippen LogP contribution in [0.25, 0.3) is 16.9 Å². The van der Waals surface area contributed by atoms with Crippen molar-refractivity contribution in [2.75, 3.05) is 23.8 Å². The first-order chi connectivity index (χ1) is 15.4. The van der Waals surface area contributed by atoms with Gasteiger partial charge in [-0.05, 0) is 49.4 Å². The maximum absolute atomic E-state index is 13.2. The average molecular weight is 452 g/mol. The number of rotatable bonds is 6. The second-order valence-electron chi connectivity index (χ2n) is 8.30. The molecule has 1 unspecified atom stereocenters. The average Bonchev–Trinajstić information content (AvgIpc) is 3.50. The third-order valence-electron chi connectivity index (χ3n) is 6.31. The van der Waals surface area contributed by atoms with E-state index in [-0.39, 0.29) is 29.2 Å². The smallest absolute Gasteiger partial charge is 0.258 e.